The number of hydrogen-bond acceptors (Lipinski definition) is 4. The van der Waals surface area contributed by atoms with Gasteiger partial charge in [0.15, 0.2) is 0 Å². The standard InChI is InChI=1S/C15H14N3O3/c1-9-7-12(19)11(8-17-9)15(21)18-13(14(16)20)10-5-3-2-4-6-10/h2-8,13,16H,1H3,(H,17,19)(H,18,21). The number of nitrogens with zero attached hydrogens (tertiary/aromatic N) is 1. The minimum Gasteiger partial charge on any atom is -0.507 e. The van der Waals surface area contributed by atoms with E-state index < -0.39 is 17.9 Å². The van der Waals surface area contributed by atoms with Gasteiger partial charge in [-0.3, -0.25) is 20.3 Å². The SMILES string of the molecule is Cc1cc(O)c(C(=O)NC(C([NH])=O)c2ccccc2)cn1. The van der Waals surface area contributed by atoms with Gasteiger partial charge in [0, 0.05) is 18.0 Å². The van der Waals surface area contributed by atoms with Crippen molar-refractivity contribution < 1.29 is 14.7 Å². The van der Waals surface area contributed by atoms with Crippen molar-refractivity contribution in [3.63, 3.8) is 0 Å². The monoisotopic (exact) mass is 284 g/mol. The molecule has 2 aromatic rings. The number of aryl methyl sites for hydroxylation is 1. The second-order valence-corrected chi connectivity index (χ2v) is 4.52. The van der Waals surface area contributed by atoms with E-state index in [0.717, 1.165) is 0 Å². The molecule has 2 rings (SSSR count). The number of pyridine rings is 1. The zero-order chi connectivity index (χ0) is 15.4. The number of nitrogens with one attached hydrogen (secondary N) is 2. The van der Waals surface area contributed by atoms with Gasteiger partial charge in [-0.2, -0.15) is 0 Å². The van der Waals surface area contributed by atoms with Crippen LogP contribution in [0.25, 0.3) is 0 Å². The molecule has 21 heavy (non-hydrogen) atoms. The fourth-order valence-corrected chi connectivity index (χ4v) is 1.87. The van der Waals surface area contributed by atoms with Gasteiger partial charge in [0.2, 0.25) is 0 Å². The Balaban J connectivity index is 2.25. The van der Waals surface area contributed by atoms with E-state index in [1.54, 1.807) is 37.3 Å². The lowest BCUT2D eigenvalue weighted by Gasteiger charge is -2.15. The fourth-order valence-electron chi connectivity index (χ4n) is 1.87. The van der Waals surface area contributed by atoms with Crippen molar-refractivity contribution in [3.05, 3.63) is 59.4 Å². The van der Waals surface area contributed by atoms with E-state index in [0.29, 0.717) is 11.3 Å². The highest BCUT2D eigenvalue weighted by Crippen LogP contribution is 2.19. The molecule has 0 saturated carbocycles. The molecule has 0 spiro atoms. The molecule has 6 nitrogen and oxygen atoms in total. The highest BCUT2D eigenvalue weighted by atomic mass is 16.3. The Kier molecular flexibility index (Phi) is 4.18. The molecule has 1 radical (unpaired) electrons. The van der Waals surface area contributed by atoms with Gasteiger partial charge in [-0.05, 0) is 12.5 Å². The average molecular weight is 284 g/mol. The maximum atomic E-state index is 12.1. The third-order valence-corrected chi connectivity index (χ3v) is 2.93. The molecule has 0 fully saturated rings. The minimum absolute atomic E-state index is 0.0391. The maximum absolute atomic E-state index is 12.1. The molecule has 0 saturated heterocycles. The first-order valence-corrected chi connectivity index (χ1v) is 6.26. The molecule has 0 aliphatic heterocycles. The Morgan fingerprint density at radius 3 is 2.52 bits per heavy atom. The van der Waals surface area contributed by atoms with E-state index in [1.165, 1.54) is 12.3 Å². The zero-order valence-electron chi connectivity index (χ0n) is 11.3. The van der Waals surface area contributed by atoms with E-state index in [2.05, 4.69) is 10.3 Å². The summed E-state index contributed by atoms with van der Waals surface area (Å²) in [4.78, 5) is 27.5. The molecule has 1 atom stereocenters. The van der Waals surface area contributed by atoms with Gasteiger partial charge in [0.25, 0.3) is 11.8 Å². The molecule has 3 N–H and O–H groups in total. The molecule has 0 bridgehead atoms. The highest BCUT2D eigenvalue weighted by Gasteiger charge is 2.22. The van der Waals surface area contributed by atoms with Crippen LogP contribution in [0.2, 0.25) is 0 Å². The zero-order valence-corrected chi connectivity index (χ0v) is 11.3. The molecule has 1 unspecified atom stereocenters. The van der Waals surface area contributed by atoms with Crippen LogP contribution in [0.1, 0.15) is 27.7 Å². The molecule has 107 valence electrons. The van der Waals surface area contributed by atoms with Crippen LogP contribution in [-0.2, 0) is 4.79 Å². The summed E-state index contributed by atoms with van der Waals surface area (Å²) in [6.45, 7) is 1.68. The number of amides is 2. The molecule has 0 aliphatic carbocycles. The largest absolute Gasteiger partial charge is 0.507 e. The summed E-state index contributed by atoms with van der Waals surface area (Å²) in [5.74, 6) is -1.81. The van der Waals surface area contributed by atoms with Gasteiger partial charge in [-0.25, -0.2) is 0 Å². The predicted octanol–water partition coefficient (Wildman–Crippen LogP) is 1.38. The van der Waals surface area contributed by atoms with E-state index in [-0.39, 0.29) is 11.3 Å². The Morgan fingerprint density at radius 1 is 1.29 bits per heavy atom. The van der Waals surface area contributed by atoms with Gasteiger partial charge in [-0.1, -0.05) is 30.3 Å². The Labute approximate surface area is 121 Å². The van der Waals surface area contributed by atoms with Crippen LogP contribution in [0.5, 0.6) is 5.75 Å². The highest BCUT2D eigenvalue weighted by molar-refractivity contribution is 5.99. The van der Waals surface area contributed by atoms with Crippen LogP contribution >= 0.6 is 0 Å². The minimum atomic E-state index is -1.08. The summed E-state index contributed by atoms with van der Waals surface area (Å²) >= 11 is 0. The first-order valence-electron chi connectivity index (χ1n) is 6.26. The smallest absolute Gasteiger partial charge is 0.265 e. The topological polar surface area (TPSA) is 103 Å². The van der Waals surface area contributed by atoms with Crippen LogP contribution in [0.3, 0.4) is 0 Å². The van der Waals surface area contributed by atoms with E-state index in [4.69, 9.17) is 5.73 Å². The summed E-state index contributed by atoms with van der Waals surface area (Å²) in [6, 6.07) is 8.75. The summed E-state index contributed by atoms with van der Waals surface area (Å²) in [5.41, 5.74) is 8.32. The van der Waals surface area contributed by atoms with Crippen molar-refractivity contribution in [3.8, 4) is 5.75 Å². The Bertz CT molecular complexity index is 671. The molecule has 1 aromatic heterocycles. The molecule has 2 amide bonds. The number of carbonyl (C=O) groups is 2. The average Bonchev–Trinajstić information content (AvgIpc) is 2.45. The van der Waals surface area contributed by atoms with Crippen molar-refractivity contribution >= 4 is 11.8 Å². The number of benzene rings is 1. The first-order chi connectivity index (χ1) is 9.99. The van der Waals surface area contributed by atoms with Crippen molar-refractivity contribution in [2.45, 2.75) is 13.0 Å². The van der Waals surface area contributed by atoms with Gasteiger partial charge in [-0.15, -0.1) is 0 Å². The molecule has 1 heterocycles. The lowest BCUT2D eigenvalue weighted by Crippen LogP contribution is -2.34. The lowest BCUT2D eigenvalue weighted by atomic mass is 10.1. The number of rotatable bonds is 4. The number of aromatic hydroxyl groups is 1. The summed E-state index contributed by atoms with van der Waals surface area (Å²) < 4.78 is 0. The van der Waals surface area contributed by atoms with Gasteiger partial charge in [0.1, 0.15) is 11.8 Å². The molecule has 0 aliphatic rings. The van der Waals surface area contributed by atoms with E-state index in [1.807, 2.05) is 0 Å². The number of hydrogen-bond donors (Lipinski definition) is 2. The van der Waals surface area contributed by atoms with Crippen LogP contribution < -0.4 is 11.1 Å². The van der Waals surface area contributed by atoms with Crippen molar-refractivity contribution in [1.82, 2.24) is 16.0 Å². The van der Waals surface area contributed by atoms with Crippen molar-refractivity contribution in [1.29, 1.82) is 0 Å². The van der Waals surface area contributed by atoms with Gasteiger partial charge in [0.05, 0.1) is 5.56 Å². The fraction of sp³-hybridized carbons (Fsp3) is 0.133. The molecular formula is C15H14N3O3. The van der Waals surface area contributed by atoms with Crippen molar-refractivity contribution in [2.75, 3.05) is 0 Å². The second kappa shape index (κ2) is 6.04. The Morgan fingerprint density at radius 2 is 1.95 bits per heavy atom. The predicted molar refractivity (Wildman–Crippen MR) is 75.4 cm³/mol. The lowest BCUT2D eigenvalue weighted by molar-refractivity contribution is -0.120. The van der Waals surface area contributed by atoms with Crippen LogP contribution in [0, 0.1) is 6.92 Å². The maximum Gasteiger partial charge on any atom is 0.265 e. The molecular weight excluding hydrogens is 270 g/mol. The molecule has 1 aromatic carbocycles. The molecule has 6 heteroatoms. The summed E-state index contributed by atoms with van der Waals surface area (Å²) in [6.07, 6.45) is 1.23. The van der Waals surface area contributed by atoms with Crippen molar-refractivity contribution in [2.24, 2.45) is 0 Å². The van der Waals surface area contributed by atoms with Gasteiger partial charge >= 0.3 is 0 Å². The van der Waals surface area contributed by atoms with Crippen LogP contribution in [0.15, 0.2) is 42.6 Å². The summed E-state index contributed by atoms with van der Waals surface area (Å²) in [7, 11) is 0. The van der Waals surface area contributed by atoms with E-state index >= 15 is 0 Å². The summed E-state index contributed by atoms with van der Waals surface area (Å²) in [5, 5.41) is 12.2. The van der Waals surface area contributed by atoms with Crippen LogP contribution in [-0.4, -0.2) is 21.9 Å². The second-order valence-electron chi connectivity index (χ2n) is 4.52. The van der Waals surface area contributed by atoms with E-state index in [9.17, 15) is 14.7 Å². The van der Waals surface area contributed by atoms with Gasteiger partial charge < -0.3 is 10.4 Å². The van der Waals surface area contributed by atoms with Crippen LogP contribution in [0.4, 0.5) is 0 Å². The third kappa shape index (κ3) is 3.36. The first kappa shape index (κ1) is 14.5. The normalized spacial score (nSPS) is 11.7. The Hall–Kier alpha value is -2.89. The third-order valence-electron chi connectivity index (χ3n) is 2.93. The number of aromatic nitrogens is 1. The number of carbonyl (C=O) groups excluding carboxylic acids is 2. The quantitative estimate of drug-likeness (QED) is 0.885.